The van der Waals surface area contributed by atoms with E-state index in [4.69, 9.17) is 4.52 Å². The van der Waals surface area contributed by atoms with Gasteiger partial charge in [-0.15, -0.1) is 0 Å². The van der Waals surface area contributed by atoms with Gasteiger partial charge < -0.3 is 9.42 Å². The summed E-state index contributed by atoms with van der Waals surface area (Å²) in [6.07, 6.45) is 5.61. The van der Waals surface area contributed by atoms with Crippen LogP contribution in [0.15, 0.2) is 40.9 Å². The highest BCUT2D eigenvalue weighted by Gasteiger charge is 2.31. The maximum absolute atomic E-state index is 12.7. The molecule has 1 unspecified atom stereocenters. The Morgan fingerprint density at radius 3 is 2.83 bits per heavy atom. The Morgan fingerprint density at radius 1 is 1.22 bits per heavy atom. The summed E-state index contributed by atoms with van der Waals surface area (Å²) < 4.78 is 5.33. The van der Waals surface area contributed by atoms with Crippen LogP contribution in [0.4, 0.5) is 0 Å². The molecule has 0 bridgehead atoms. The Kier molecular flexibility index (Phi) is 3.90. The maximum Gasteiger partial charge on any atom is 0.276 e. The second-order valence-electron chi connectivity index (χ2n) is 6.84. The fourth-order valence-electron chi connectivity index (χ4n) is 3.48. The van der Waals surface area contributed by atoms with Crippen molar-refractivity contribution in [1.82, 2.24) is 10.1 Å². The average molecular weight is 310 g/mol. The number of piperidine rings is 1. The van der Waals surface area contributed by atoms with E-state index < -0.39 is 0 Å². The molecule has 1 saturated heterocycles. The van der Waals surface area contributed by atoms with Crippen LogP contribution in [0.2, 0.25) is 0 Å². The summed E-state index contributed by atoms with van der Waals surface area (Å²) in [5.41, 5.74) is 1.83. The van der Waals surface area contributed by atoms with E-state index >= 15 is 0 Å². The van der Waals surface area contributed by atoms with Crippen LogP contribution in [0.3, 0.4) is 0 Å². The van der Waals surface area contributed by atoms with Crippen molar-refractivity contribution < 1.29 is 9.32 Å². The number of likely N-dealkylation sites (tertiary alicyclic amines) is 1. The first kappa shape index (κ1) is 14.5. The lowest BCUT2D eigenvalue weighted by Gasteiger charge is -2.32. The van der Waals surface area contributed by atoms with Crippen molar-refractivity contribution in [3.8, 4) is 0 Å². The second-order valence-corrected chi connectivity index (χ2v) is 6.84. The standard InChI is InChI=1S/C19H22N2O2/c22-19(17-12-18(23-20-17)16-8-9-16)21-10-4-7-15(13-21)11-14-5-2-1-3-6-14/h1-3,5-6,12,15-16H,4,7-11,13H2. The Balaban J connectivity index is 1.40. The van der Waals surface area contributed by atoms with Gasteiger partial charge in [0, 0.05) is 25.1 Å². The molecule has 0 spiro atoms. The van der Waals surface area contributed by atoms with Crippen molar-refractivity contribution in [3.63, 3.8) is 0 Å². The molecule has 4 heteroatoms. The van der Waals surface area contributed by atoms with Crippen molar-refractivity contribution in [3.05, 3.63) is 53.4 Å². The molecular weight excluding hydrogens is 288 g/mol. The number of nitrogens with zero attached hydrogens (tertiary/aromatic N) is 2. The number of hydrogen-bond acceptors (Lipinski definition) is 3. The lowest BCUT2D eigenvalue weighted by atomic mass is 9.91. The van der Waals surface area contributed by atoms with Crippen LogP contribution in [0.5, 0.6) is 0 Å². The number of carbonyl (C=O) groups is 1. The number of carbonyl (C=O) groups excluding carboxylic acids is 1. The quantitative estimate of drug-likeness (QED) is 0.866. The van der Waals surface area contributed by atoms with Crippen LogP contribution in [0, 0.1) is 5.92 Å². The molecule has 1 aromatic heterocycles. The minimum absolute atomic E-state index is 0.0263. The van der Waals surface area contributed by atoms with E-state index in [0.29, 0.717) is 17.5 Å². The molecular formula is C19H22N2O2. The third kappa shape index (κ3) is 3.31. The molecule has 2 heterocycles. The summed E-state index contributed by atoms with van der Waals surface area (Å²) >= 11 is 0. The van der Waals surface area contributed by atoms with Gasteiger partial charge in [-0.3, -0.25) is 4.79 Å². The summed E-state index contributed by atoms with van der Waals surface area (Å²) in [6.45, 7) is 1.65. The fraction of sp³-hybridized carbons (Fsp3) is 0.474. The zero-order valence-corrected chi connectivity index (χ0v) is 13.3. The molecule has 1 amide bonds. The van der Waals surface area contributed by atoms with Gasteiger partial charge in [0.15, 0.2) is 5.69 Å². The van der Waals surface area contributed by atoms with Crippen LogP contribution in [-0.2, 0) is 6.42 Å². The first-order chi connectivity index (χ1) is 11.3. The van der Waals surface area contributed by atoms with Crippen molar-refractivity contribution >= 4 is 5.91 Å². The van der Waals surface area contributed by atoms with E-state index in [9.17, 15) is 4.79 Å². The third-order valence-electron chi connectivity index (χ3n) is 4.90. The van der Waals surface area contributed by atoms with Gasteiger partial charge in [0.2, 0.25) is 0 Å². The Bertz CT molecular complexity index is 676. The molecule has 1 aliphatic carbocycles. The summed E-state index contributed by atoms with van der Waals surface area (Å²) in [5, 5.41) is 4.00. The fourth-order valence-corrected chi connectivity index (χ4v) is 3.48. The lowest BCUT2D eigenvalue weighted by molar-refractivity contribution is 0.0663. The largest absolute Gasteiger partial charge is 0.360 e. The topological polar surface area (TPSA) is 46.3 Å². The van der Waals surface area contributed by atoms with Gasteiger partial charge in [0.05, 0.1) is 0 Å². The number of amides is 1. The zero-order chi connectivity index (χ0) is 15.6. The van der Waals surface area contributed by atoms with Crippen LogP contribution in [-0.4, -0.2) is 29.1 Å². The molecule has 23 heavy (non-hydrogen) atoms. The summed E-state index contributed by atoms with van der Waals surface area (Å²) in [5.74, 6) is 1.94. The maximum atomic E-state index is 12.7. The van der Waals surface area contributed by atoms with Gasteiger partial charge in [-0.25, -0.2) is 0 Å². The van der Waals surface area contributed by atoms with Gasteiger partial charge in [-0.2, -0.15) is 0 Å². The van der Waals surface area contributed by atoms with Crippen molar-refractivity contribution in [2.45, 2.75) is 38.0 Å². The minimum Gasteiger partial charge on any atom is -0.360 e. The van der Waals surface area contributed by atoms with E-state index in [2.05, 4.69) is 29.4 Å². The van der Waals surface area contributed by atoms with E-state index in [1.165, 1.54) is 12.0 Å². The molecule has 2 fully saturated rings. The molecule has 4 rings (SSSR count). The summed E-state index contributed by atoms with van der Waals surface area (Å²) in [4.78, 5) is 14.6. The Hall–Kier alpha value is -2.10. The van der Waals surface area contributed by atoms with Crippen LogP contribution < -0.4 is 0 Å². The first-order valence-corrected chi connectivity index (χ1v) is 8.59. The second kappa shape index (κ2) is 6.19. The summed E-state index contributed by atoms with van der Waals surface area (Å²) in [6, 6.07) is 12.4. The highest BCUT2D eigenvalue weighted by Crippen LogP contribution is 2.40. The smallest absolute Gasteiger partial charge is 0.276 e. The highest BCUT2D eigenvalue weighted by atomic mass is 16.5. The molecule has 120 valence electrons. The van der Waals surface area contributed by atoms with Gasteiger partial charge in [0.1, 0.15) is 5.76 Å². The Labute approximate surface area is 136 Å². The first-order valence-electron chi connectivity index (χ1n) is 8.59. The monoisotopic (exact) mass is 310 g/mol. The normalized spacial score (nSPS) is 21.4. The van der Waals surface area contributed by atoms with Crippen molar-refractivity contribution in [1.29, 1.82) is 0 Å². The number of hydrogen-bond donors (Lipinski definition) is 0. The predicted molar refractivity (Wildman–Crippen MR) is 87.3 cm³/mol. The third-order valence-corrected chi connectivity index (χ3v) is 4.90. The van der Waals surface area contributed by atoms with Crippen molar-refractivity contribution in [2.75, 3.05) is 13.1 Å². The molecule has 1 aliphatic heterocycles. The van der Waals surface area contributed by atoms with E-state index in [1.807, 2.05) is 17.0 Å². The predicted octanol–water partition coefficient (Wildman–Crippen LogP) is 3.65. The van der Waals surface area contributed by atoms with Gasteiger partial charge >= 0.3 is 0 Å². The molecule has 4 nitrogen and oxygen atoms in total. The van der Waals surface area contributed by atoms with Crippen LogP contribution >= 0.6 is 0 Å². The number of aromatic nitrogens is 1. The molecule has 0 N–H and O–H groups in total. The molecule has 1 aromatic carbocycles. The van der Waals surface area contributed by atoms with Gasteiger partial charge in [-0.1, -0.05) is 35.5 Å². The Morgan fingerprint density at radius 2 is 2.04 bits per heavy atom. The molecule has 2 aliphatic rings. The lowest BCUT2D eigenvalue weighted by Crippen LogP contribution is -2.40. The minimum atomic E-state index is 0.0263. The SMILES string of the molecule is O=C(c1cc(C2CC2)on1)N1CCCC(Cc2ccccc2)C1. The van der Waals surface area contributed by atoms with E-state index in [-0.39, 0.29) is 5.91 Å². The average Bonchev–Trinajstić information content (AvgIpc) is 3.33. The van der Waals surface area contributed by atoms with Crippen LogP contribution in [0.1, 0.15) is 53.4 Å². The molecule has 2 aromatic rings. The molecule has 0 radical (unpaired) electrons. The number of rotatable bonds is 4. The summed E-state index contributed by atoms with van der Waals surface area (Å²) in [7, 11) is 0. The van der Waals surface area contributed by atoms with E-state index in [1.54, 1.807) is 0 Å². The zero-order valence-electron chi connectivity index (χ0n) is 13.3. The van der Waals surface area contributed by atoms with E-state index in [0.717, 1.165) is 44.5 Å². The number of benzene rings is 1. The highest BCUT2D eigenvalue weighted by molar-refractivity contribution is 5.92. The molecule has 1 atom stereocenters. The van der Waals surface area contributed by atoms with Crippen LogP contribution in [0.25, 0.3) is 0 Å². The molecule has 1 saturated carbocycles. The van der Waals surface area contributed by atoms with Gasteiger partial charge in [0.25, 0.3) is 5.91 Å². The van der Waals surface area contributed by atoms with Gasteiger partial charge in [-0.05, 0) is 43.6 Å². The van der Waals surface area contributed by atoms with Crippen molar-refractivity contribution in [2.24, 2.45) is 5.92 Å².